The van der Waals surface area contributed by atoms with Crippen LogP contribution in [0.4, 0.5) is 5.69 Å². The van der Waals surface area contributed by atoms with Gasteiger partial charge in [-0.25, -0.2) is 4.99 Å². The largest absolute Gasteiger partial charge is 0.387 e. The third-order valence-corrected chi connectivity index (χ3v) is 2.78. The highest BCUT2D eigenvalue weighted by Crippen LogP contribution is 2.36. The average molecular weight is 280 g/mol. The fourth-order valence-electron chi connectivity index (χ4n) is 0.930. The van der Waals surface area contributed by atoms with Gasteiger partial charge in [0, 0.05) is 10.4 Å². The molecule has 0 amide bonds. The summed E-state index contributed by atoms with van der Waals surface area (Å²) in [5, 5.41) is 1.26. The zero-order valence-electron chi connectivity index (χ0n) is 9.31. The molecular weight excluding hydrogens is 266 g/mol. The van der Waals surface area contributed by atoms with Gasteiger partial charge in [0.05, 0.1) is 10.0 Å². The van der Waals surface area contributed by atoms with Crippen molar-refractivity contribution in [2.24, 2.45) is 16.1 Å². The van der Waals surface area contributed by atoms with E-state index in [1.54, 1.807) is 12.1 Å². The maximum absolute atomic E-state index is 6.00. The van der Waals surface area contributed by atoms with E-state index in [9.17, 15) is 0 Å². The first-order valence-electron chi connectivity index (χ1n) is 4.71. The molecule has 0 bridgehead atoms. The summed E-state index contributed by atoms with van der Waals surface area (Å²) < 4.78 is 0. The fourth-order valence-corrected chi connectivity index (χ4v) is 1.83. The molecule has 1 aromatic carbocycles. The summed E-state index contributed by atoms with van der Waals surface area (Å²) in [4.78, 5) is 4.24. The first kappa shape index (κ1) is 13.6. The second kappa shape index (κ2) is 4.82. The number of aliphatic imine (C=N–C) groups is 1. The molecule has 0 aliphatic carbocycles. The summed E-state index contributed by atoms with van der Waals surface area (Å²) in [6.45, 7) is 5.89. The van der Waals surface area contributed by atoms with E-state index in [1.807, 2.05) is 20.8 Å². The van der Waals surface area contributed by atoms with Crippen molar-refractivity contribution in [3.8, 4) is 0 Å². The van der Waals surface area contributed by atoms with Crippen molar-refractivity contribution in [1.29, 1.82) is 0 Å². The maximum Gasteiger partial charge on any atom is 0.105 e. The van der Waals surface area contributed by atoms with Gasteiger partial charge in [-0.3, -0.25) is 0 Å². The molecule has 0 spiro atoms. The Hall–Kier alpha value is -0.440. The summed E-state index contributed by atoms with van der Waals surface area (Å²) in [5.74, 6) is 0.471. The van der Waals surface area contributed by atoms with Crippen LogP contribution >= 0.6 is 34.8 Å². The second-order valence-corrected chi connectivity index (χ2v) is 5.72. The SMILES string of the molecule is CC(C)(C)C(N)=Nc1c(Cl)cc(Cl)cc1Cl. The van der Waals surface area contributed by atoms with Gasteiger partial charge in [0.2, 0.25) is 0 Å². The van der Waals surface area contributed by atoms with Gasteiger partial charge in [-0.1, -0.05) is 55.6 Å². The third-order valence-electron chi connectivity index (χ3n) is 1.98. The second-order valence-electron chi connectivity index (χ2n) is 4.47. The van der Waals surface area contributed by atoms with Crippen molar-refractivity contribution in [2.75, 3.05) is 0 Å². The van der Waals surface area contributed by atoms with Gasteiger partial charge in [-0.15, -0.1) is 0 Å². The Morgan fingerprint density at radius 3 is 1.94 bits per heavy atom. The zero-order chi connectivity index (χ0) is 12.5. The molecule has 0 radical (unpaired) electrons. The molecular formula is C11H13Cl3N2. The Morgan fingerprint density at radius 2 is 1.56 bits per heavy atom. The average Bonchev–Trinajstić information content (AvgIpc) is 2.08. The first-order chi connectivity index (χ1) is 7.21. The standard InChI is InChI=1S/C11H13Cl3N2/c1-11(2,3)10(15)16-9-7(13)4-6(12)5-8(9)14/h4-5H,1-3H3,(H2,15,16). The minimum atomic E-state index is -0.230. The Balaban J connectivity index is 3.26. The predicted molar refractivity (Wildman–Crippen MR) is 72.2 cm³/mol. The van der Waals surface area contributed by atoms with Gasteiger partial charge in [-0.2, -0.15) is 0 Å². The van der Waals surface area contributed by atoms with Crippen LogP contribution in [0.1, 0.15) is 20.8 Å². The molecule has 0 fully saturated rings. The number of hydrogen-bond acceptors (Lipinski definition) is 1. The Bertz CT molecular complexity index is 410. The van der Waals surface area contributed by atoms with Crippen LogP contribution in [0, 0.1) is 5.41 Å². The number of halogens is 3. The van der Waals surface area contributed by atoms with E-state index < -0.39 is 0 Å². The third kappa shape index (κ3) is 3.27. The van der Waals surface area contributed by atoms with Gasteiger partial charge in [0.25, 0.3) is 0 Å². The highest BCUT2D eigenvalue weighted by atomic mass is 35.5. The van der Waals surface area contributed by atoms with Crippen LogP contribution in [0.3, 0.4) is 0 Å². The summed E-state index contributed by atoms with van der Waals surface area (Å²) in [7, 11) is 0. The fraction of sp³-hybridized carbons (Fsp3) is 0.364. The van der Waals surface area contributed by atoms with Gasteiger partial charge in [-0.05, 0) is 12.1 Å². The van der Waals surface area contributed by atoms with Gasteiger partial charge >= 0.3 is 0 Å². The van der Waals surface area contributed by atoms with Crippen LogP contribution < -0.4 is 5.73 Å². The number of rotatable bonds is 1. The topological polar surface area (TPSA) is 38.4 Å². The van der Waals surface area contributed by atoms with Crippen LogP contribution in [0.2, 0.25) is 15.1 Å². The molecule has 0 aliphatic heterocycles. The Morgan fingerprint density at radius 1 is 1.12 bits per heavy atom. The van der Waals surface area contributed by atoms with Crippen LogP contribution in [0.25, 0.3) is 0 Å². The highest BCUT2D eigenvalue weighted by Gasteiger charge is 2.17. The van der Waals surface area contributed by atoms with E-state index in [0.717, 1.165) is 0 Å². The van der Waals surface area contributed by atoms with E-state index in [0.29, 0.717) is 26.6 Å². The lowest BCUT2D eigenvalue weighted by molar-refractivity contribution is 0.585. The van der Waals surface area contributed by atoms with Crippen LogP contribution in [-0.2, 0) is 0 Å². The monoisotopic (exact) mass is 278 g/mol. The summed E-state index contributed by atoms with van der Waals surface area (Å²) in [6, 6.07) is 3.17. The van der Waals surface area contributed by atoms with E-state index in [4.69, 9.17) is 40.5 Å². The minimum Gasteiger partial charge on any atom is -0.387 e. The van der Waals surface area contributed by atoms with Gasteiger partial charge in [0.1, 0.15) is 11.5 Å². The van der Waals surface area contributed by atoms with Crippen molar-refractivity contribution in [3.63, 3.8) is 0 Å². The molecule has 2 N–H and O–H groups in total. The molecule has 0 aliphatic rings. The Kier molecular flexibility index (Phi) is 4.11. The summed E-state index contributed by atoms with van der Waals surface area (Å²) in [5.41, 5.74) is 6.09. The molecule has 0 atom stereocenters. The lowest BCUT2D eigenvalue weighted by Crippen LogP contribution is -2.28. The highest BCUT2D eigenvalue weighted by molar-refractivity contribution is 6.41. The van der Waals surface area contributed by atoms with Crippen molar-refractivity contribution in [3.05, 3.63) is 27.2 Å². The first-order valence-corrected chi connectivity index (χ1v) is 5.84. The van der Waals surface area contributed by atoms with Crippen LogP contribution in [0.15, 0.2) is 17.1 Å². The molecule has 0 heterocycles. The zero-order valence-corrected chi connectivity index (χ0v) is 11.6. The molecule has 1 rings (SSSR count). The molecule has 16 heavy (non-hydrogen) atoms. The maximum atomic E-state index is 6.00. The van der Waals surface area contributed by atoms with Gasteiger partial charge < -0.3 is 5.73 Å². The molecule has 0 aromatic heterocycles. The molecule has 5 heteroatoms. The molecule has 1 aromatic rings. The number of hydrogen-bond donors (Lipinski definition) is 1. The quantitative estimate of drug-likeness (QED) is 0.588. The lowest BCUT2D eigenvalue weighted by atomic mass is 9.95. The summed E-state index contributed by atoms with van der Waals surface area (Å²) >= 11 is 17.8. The normalized spacial score (nSPS) is 13.0. The smallest absolute Gasteiger partial charge is 0.105 e. The van der Waals surface area contributed by atoms with E-state index >= 15 is 0 Å². The number of benzene rings is 1. The lowest BCUT2D eigenvalue weighted by Gasteiger charge is -2.17. The molecule has 0 unspecified atom stereocenters. The van der Waals surface area contributed by atoms with Gasteiger partial charge in [0.15, 0.2) is 0 Å². The van der Waals surface area contributed by atoms with Crippen molar-refractivity contribution in [2.45, 2.75) is 20.8 Å². The summed E-state index contributed by atoms with van der Waals surface area (Å²) in [6.07, 6.45) is 0. The molecule has 0 saturated carbocycles. The number of nitrogens with two attached hydrogens (primary N) is 1. The van der Waals surface area contributed by atoms with E-state index in [-0.39, 0.29) is 5.41 Å². The van der Waals surface area contributed by atoms with Crippen molar-refractivity contribution >= 4 is 46.3 Å². The predicted octanol–water partition coefficient (Wildman–Crippen LogP) is 4.68. The Labute approximate surface area is 110 Å². The van der Waals surface area contributed by atoms with Crippen LogP contribution in [0.5, 0.6) is 0 Å². The van der Waals surface area contributed by atoms with E-state index in [2.05, 4.69) is 4.99 Å². The van der Waals surface area contributed by atoms with Crippen LogP contribution in [-0.4, -0.2) is 5.84 Å². The van der Waals surface area contributed by atoms with E-state index in [1.165, 1.54) is 0 Å². The molecule has 0 saturated heterocycles. The number of nitrogens with zero attached hydrogens (tertiary/aromatic N) is 1. The molecule has 88 valence electrons. The van der Waals surface area contributed by atoms with Crippen molar-refractivity contribution in [1.82, 2.24) is 0 Å². The molecule has 2 nitrogen and oxygen atoms in total. The number of amidine groups is 1. The minimum absolute atomic E-state index is 0.230. The van der Waals surface area contributed by atoms with Crippen molar-refractivity contribution < 1.29 is 0 Å².